The van der Waals surface area contributed by atoms with E-state index in [4.69, 9.17) is 47.4 Å². The van der Waals surface area contributed by atoms with Crippen LogP contribution in [0.4, 0.5) is 0 Å². The molecule has 104 heavy (non-hydrogen) atoms. The Labute approximate surface area is 610 Å². The van der Waals surface area contributed by atoms with Crippen molar-refractivity contribution in [3.8, 4) is 0 Å². The van der Waals surface area contributed by atoms with Crippen LogP contribution in [0.3, 0.4) is 0 Å². The highest BCUT2D eigenvalue weighted by Gasteiger charge is 2.62. The van der Waals surface area contributed by atoms with Gasteiger partial charge in [-0.2, -0.15) is 0 Å². The third-order valence-corrected chi connectivity index (χ3v) is 20.2. The molecule has 0 spiro atoms. The first-order valence-corrected chi connectivity index (χ1v) is 38.1. The fourth-order valence-corrected chi connectivity index (χ4v) is 13.9. The number of carbonyl (C=O) groups is 3. The van der Waals surface area contributed by atoms with Gasteiger partial charge in [-0.1, -0.05) is 180 Å². The molecule has 0 aliphatic carbocycles. The van der Waals surface area contributed by atoms with Crippen molar-refractivity contribution in [3.05, 3.63) is 12.2 Å². The first-order valence-electron chi connectivity index (χ1n) is 38.1. The summed E-state index contributed by atoms with van der Waals surface area (Å²) in [6, 6.07) is -3.02. The Morgan fingerprint density at radius 3 is 1.47 bits per heavy atom. The monoisotopic (exact) mass is 1500 g/mol. The molecule has 0 aromatic heterocycles. The largest absolute Gasteiger partial charge is 0.477 e. The third-order valence-electron chi connectivity index (χ3n) is 20.2. The molecule has 5 saturated heterocycles. The third kappa shape index (κ3) is 27.8. The van der Waals surface area contributed by atoms with Crippen LogP contribution < -0.4 is 10.6 Å². The lowest BCUT2D eigenvalue weighted by atomic mass is 9.90. The van der Waals surface area contributed by atoms with Crippen LogP contribution >= 0.6 is 0 Å². The Kier molecular flexibility index (Phi) is 42.9. The van der Waals surface area contributed by atoms with Crippen LogP contribution in [0.5, 0.6) is 0 Å². The molecule has 0 saturated carbocycles. The summed E-state index contributed by atoms with van der Waals surface area (Å²) in [7, 11) is 0. The average molecular weight is 1510 g/mol. The molecule has 0 aromatic rings. The molecular formula is C71H128N2O31. The van der Waals surface area contributed by atoms with Crippen molar-refractivity contribution in [1.29, 1.82) is 0 Å². The Morgan fingerprint density at radius 1 is 0.500 bits per heavy atom. The number of allylic oxidation sites excluding steroid dienone is 1. The van der Waals surface area contributed by atoms with Crippen LogP contribution in [0.15, 0.2) is 12.2 Å². The predicted octanol–water partition coefficient (Wildman–Crippen LogP) is -1.19. The molecule has 28 atom stereocenters. The molecule has 5 aliphatic rings. The number of rotatable bonds is 51. The summed E-state index contributed by atoms with van der Waals surface area (Å²) in [6.07, 6.45) is -19.0. The van der Waals surface area contributed by atoms with Gasteiger partial charge in [0.2, 0.25) is 11.8 Å². The van der Waals surface area contributed by atoms with Crippen molar-refractivity contribution in [3.63, 3.8) is 0 Å². The summed E-state index contributed by atoms with van der Waals surface area (Å²) in [6.45, 7) is -0.633. The first-order chi connectivity index (χ1) is 49.9. The minimum atomic E-state index is -3.38. The number of aliphatic carboxylic acids is 1. The lowest BCUT2D eigenvalue weighted by Gasteiger charge is -2.52. The van der Waals surface area contributed by atoms with E-state index in [9.17, 15) is 106 Å². The summed E-state index contributed by atoms with van der Waals surface area (Å²) in [5.74, 6) is -6.84. The van der Waals surface area contributed by atoms with Crippen LogP contribution in [0.2, 0.25) is 0 Å². The van der Waals surface area contributed by atoms with Gasteiger partial charge in [-0.3, -0.25) is 9.59 Å². The van der Waals surface area contributed by atoms with Gasteiger partial charge in [0.15, 0.2) is 25.2 Å². The van der Waals surface area contributed by atoms with Gasteiger partial charge in [0.25, 0.3) is 5.79 Å². The number of nitrogens with one attached hydrogen (secondary N) is 2. The lowest BCUT2D eigenvalue weighted by molar-refractivity contribution is -0.406. The van der Waals surface area contributed by atoms with E-state index in [0.29, 0.717) is 12.8 Å². The Bertz CT molecular complexity index is 2380. The fraction of sp³-hybridized carbons (Fsp3) is 0.930. The summed E-state index contributed by atoms with van der Waals surface area (Å²) in [5.41, 5.74) is 0. The highest BCUT2D eigenvalue weighted by Crippen LogP contribution is 2.41. The maximum absolute atomic E-state index is 13.6. The topological polar surface area (TPSA) is 532 Å². The van der Waals surface area contributed by atoms with E-state index in [1.165, 1.54) is 103 Å². The number of aliphatic hydroxyl groups excluding tert-OH is 17. The maximum Gasteiger partial charge on any atom is 0.364 e. The highest BCUT2D eigenvalue weighted by atomic mass is 16.8. The molecule has 5 heterocycles. The second kappa shape index (κ2) is 48.7. The number of hydrogen-bond acceptors (Lipinski definition) is 30. The number of amides is 2. The molecular weight excluding hydrogens is 1380 g/mol. The standard InChI is InChI=1S/C71H128N2O31/c1-4-6-8-10-12-14-16-18-19-21-23-25-27-29-31-33-50(83)73-42(43(80)32-30-28-26-24-22-20-17-15-13-11-9-7-5-2)40-95-67-59(91)57(89)61(48(38-77)98-67)100-69-60(92)65(104-71(70(93)94)34-44(81)52(84)64(103-71)53(85)45(82)35-74)62(49(39-78)99-69)101-66-51(72-41(3)79)63(55(87)47(37-76)96-66)102-68-58(90)56(88)54(86)46(36-75)97-68/h30,32,42-49,51-69,74-78,80-82,84-92H,4-29,31,33-40H2,1-3H3,(H,72,79)(H,73,83)(H,93,94)/b32-30+/t42-,43+,44?,45+,46?,47?,48?,49?,51?,52+,53+,54-,55-,56-,57+,58?,59?,60?,61+,62-,63+,64?,65+,66-,67+,68-,69-,71-/m0/s1. The Morgan fingerprint density at radius 2 is 0.952 bits per heavy atom. The molecule has 5 fully saturated rings. The summed E-state index contributed by atoms with van der Waals surface area (Å²) in [4.78, 5) is 40.2. The molecule has 5 aliphatic heterocycles. The van der Waals surface area contributed by atoms with Crippen molar-refractivity contribution in [2.24, 2.45) is 0 Å². The molecule has 0 aromatic carbocycles. The second-order valence-corrected chi connectivity index (χ2v) is 28.5. The smallest absolute Gasteiger partial charge is 0.364 e. The highest BCUT2D eigenvalue weighted by molar-refractivity contribution is 5.76. The number of carbonyl (C=O) groups excluding carboxylic acids is 2. The van der Waals surface area contributed by atoms with Crippen molar-refractivity contribution in [1.82, 2.24) is 10.6 Å². The Hall–Kier alpha value is -2.93. The quantitative estimate of drug-likeness (QED) is 0.0252. The Balaban J connectivity index is 1.37. The van der Waals surface area contributed by atoms with E-state index in [2.05, 4.69) is 24.5 Å². The summed E-state index contributed by atoms with van der Waals surface area (Å²) in [5, 5.41) is 204. The van der Waals surface area contributed by atoms with Gasteiger partial charge in [0.1, 0.15) is 122 Å². The van der Waals surface area contributed by atoms with E-state index < -0.39 is 229 Å². The number of carboxylic acids is 1. The van der Waals surface area contributed by atoms with Crippen LogP contribution in [0.25, 0.3) is 0 Å². The van der Waals surface area contributed by atoms with Crippen molar-refractivity contribution >= 4 is 17.8 Å². The second-order valence-electron chi connectivity index (χ2n) is 28.5. The summed E-state index contributed by atoms with van der Waals surface area (Å²) < 4.78 is 59.5. The number of aliphatic hydroxyl groups is 17. The number of carboxylic acid groups (broad SMARTS) is 1. The van der Waals surface area contributed by atoms with Crippen LogP contribution in [0, 0.1) is 0 Å². The normalized spacial score (nSPS) is 35.3. The average Bonchev–Trinajstić information content (AvgIpc) is 0.742. The van der Waals surface area contributed by atoms with E-state index in [1.807, 2.05) is 6.08 Å². The molecule has 20 N–H and O–H groups in total. The minimum Gasteiger partial charge on any atom is -0.477 e. The lowest BCUT2D eigenvalue weighted by Crippen LogP contribution is -2.71. The van der Waals surface area contributed by atoms with Crippen LogP contribution in [-0.2, 0) is 61.8 Å². The van der Waals surface area contributed by atoms with Crippen molar-refractivity contribution < 1.29 is 154 Å². The number of unbranched alkanes of at least 4 members (excludes halogenated alkanes) is 25. The van der Waals surface area contributed by atoms with Crippen LogP contribution in [0.1, 0.15) is 207 Å². The molecule has 608 valence electrons. The zero-order valence-electron chi connectivity index (χ0n) is 60.8. The SMILES string of the molecule is CCCCCCCCCCCCC/C=C/[C@@H](O)[C@H](CO[C@@H]1OC(CO)[C@@H](O[C@@H]2OC(CO)[C@H](O[C@@H]3OC(CO)[C@H](O)[C@H](O[C@@H]4OC(CO)[C@H](O)[C@H](O)C4O)C3NC(C)=O)[C@H](O[C@]3(C(=O)O)CC(O)[C@@H](O)C([C@H](O)[C@H](O)CO)O3)C2O)[C@H](O)C1O)NC(=O)CCCCCCCCCCCCCCCCC. The van der Waals surface area contributed by atoms with Gasteiger partial charge in [-0.05, 0) is 19.3 Å². The number of ether oxygens (including phenoxy) is 10. The van der Waals surface area contributed by atoms with Gasteiger partial charge in [-0.25, -0.2) is 4.79 Å². The molecule has 0 bridgehead atoms. The van der Waals surface area contributed by atoms with E-state index >= 15 is 0 Å². The van der Waals surface area contributed by atoms with E-state index in [0.717, 1.165) is 64.7 Å². The maximum atomic E-state index is 13.6. The van der Waals surface area contributed by atoms with Gasteiger partial charge in [-0.15, -0.1) is 0 Å². The van der Waals surface area contributed by atoms with Crippen molar-refractivity contribution in [2.45, 2.75) is 378 Å². The molecule has 0 radical (unpaired) electrons. The van der Waals surface area contributed by atoms with Crippen LogP contribution in [-0.4, -0.2) is 321 Å². The molecule has 2 amide bonds. The zero-order chi connectivity index (χ0) is 76.5. The molecule has 5 rings (SSSR count). The van der Waals surface area contributed by atoms with E-state index in [1.54, 1.807) is 6.08 Å². The fourth-order valence-electron chi connectivity index (χ4n) is 13.9. The first kappa shape index (κ1) is 91.7. The van der Waals surface area contributed by atoms with Gasteiger partial charge in [0, 0.05) is 19.8 Å². The minimum absolute atomic E-state index is 0.139. The molecule has 33 nitrogen and oxygen atoms in total. The van der Waals surface area contributed by atoms with Gasteiger partial charge >= 0.3 is 5.97 Å². The van der Waals surface area contributed by atoms with Crippen molar-refractivity contribution in [2.75, 3.05) is 39.6 Å². The van der Waals surface area contributed by atoms with Gasteiger partial charge in [0.05, 0.1) is 57.9 Å². The zero-order valence-corrected chi connectivity index (χ0v) is 60.8. The predicted molar refractivity (Wildman–Crippen MR) is 367 cm³/mol. The van der Waals surface area contributed by atoms with Gasteiger partial charge < -0.3 is 150 Å². The molecule has 33 heteroatoms. The number of hydrogen-bond donors (Lipinski definition) is 20. The summed E-state index contributed by atoms with van der Waals surface area (Å²) >= 11 is 0. The molecule has 10 unspecified atom stereocenters. The van der Waals surface area contributed by atoms with E-state index in [-0.39, 0.29) is 12.3 Å².